The van der Waals surface area contributed by atoms with Gasteiger partial charge in [-0.1, -0.05) is 100 Å². The predicted molar refractivity (Wildman–Crippen MR) is 136 cm³/mol. The first-order valence-corrected chi connectivity index (χ1v) is 11.7. The van der Waals surface area contributed by atoms with Gasteiger partial charge in [-0.25, -0.2) is 0 Å². The number of fused-ring (bicyclic) bond motifs is 6. The average molecular weight is 415 g/mol. The SMILES string of the molecule is Cc1c(-c2ccc3c(c2C)C(C)(C)c2ccccc2-3)ccc2c1C(C)(C)c1ccccc1-2. The molecule has 158 valence electrons. The summed E-state index contributed by atoms with van der Waals surface area (Å²) in [7, 11) is 0. The van der Waals surface area contributed by atoms with Crippen molar-refractivity contribution in [1.29, 1.82) is 0 Å². The van der Waals surface area contributed by atoms with Crippen molar-refractivity contribution in [3.05, 3.63) is 106 Å². The van der Waals surface area contributed by atoms with Gasteiger partial charge in [0.05, 0.1) is 0 Å². The summed E-state index contributed by atoms with van der Waals surface area (Å²) < 4.78 is 0. The fraction of sp³-hybridized carbons (Fsp3) is 0.250. The molecular weight excluding hydrogens is 384 g/mol. The number of hydrogen-bond acceptors (Lipinski definition) is 0. The van der Waals surface area contributed by atoms with Crippen LogP contribution in [0, 0.1) is 13.8 Å². The van der Waals surface area contributed by atoms with Gasteiger partial charge in [0.2, 0.25) is 0 Å². The predicted octanol–water partition coefficient (Wildman–Crippen LogP) is 8.58. The van der Waals surface area contributed by atoms with Gasteiger partial charge in [0.1, 0.15) is 0 Å². The van der Waals surface area contributed by atoms with E-state index in [9.17, 15) is 0 Å². The van der Waals surface area contributed by atoms with Crippen molar-refractivity contribution < 1.29 is 0 Å². The first kappa shape index (κ1) is 19.6. The maximum atomic E-state index is 2.38. The molecule has 32 heavy (non-hydrogen) atoms. The van der Waals surface area contributed by atoms with Crippen molar-refractivity contribution >= 4 is 0 Å². The second kappa shape index (κ2) is 6.23. The lowest BCUT2D eigenvalue weighted by Gasteiger charge is -2.27. The van der Waals surface area contributed by atoms with Gasteiger partial charge in [-0.3, -0.25) is 0 Å². The minimum Gasteiger partial charge on any atom is -0.0619 e. The minimum atomic E-state index is 0.0200. The lowest BCUT2D eigenvalue weighted by atomic mass is 9.76. The van der Waals surface area contributed by atoms with Crippen molar-refractivity contribution in [2.24, 2.45) is 0 Å². The van der Waals surface area contributed by atoms with Crippen LogP contribution < -0.4 is 0 Å². The van der Waals surface area contributed by atoms with E-state index in [0.717, 1.165) is 0 Å². The van der Waals surface area contributed by atoms with E-state index in [0.29, 0.717) is 0 Å². The van der Waals surface area contributed by atoms with Crippen molar-refractivity contribution in [2.45, 2.75) is 52.4 Å². The van der Waals surface area contributed by atoms with Crippen molar-refractivity contribution in [3.8, 4) is 33.4 Å². The molecule has 2 aliphatic rings. The average Bonchev–Trinajstić information content (AvgIpc) is 3.16. The summed E-state index contributed by atoms with van der Waals surface area (Å²) >= 11 is 0. The fourth-order valence-corrected chi connectivity index (χ4v) is 6.86. The van der Waals surface area contributed by atoms with Crippen LogP contribution in [0.1, 0.15) is 61.1 Å². The van der Waals surface area contributed by atoms with E-state index >= 15 is 0 Å². The zero-order valence-corrected chi connectivity index (χ0v) is 19.9. The van der Waals surface area contributed by atoms with Crippen LogP contribution in [0.25, 0.3) is 33.4 Å². The zero-order valence-electron chi connectivity index (χ0n) is 19.9. The summed E-state index contributed by atoms with van der Waals surface area (Å²) in [5.74, 6) is 0. The second-order valence-corrected chi connectivity index (χ2v) is 10.7. The molecule has 0 amide bonds. The summed E-state index contributed by atoms with van der Waals surface area (Å²) in [6, 6.07) is 27.3. The lowest BCUT2D eigenvalue weighted by molar-refractivity contribution is 0.654. The molecule has 0 fully saturated rings. The summed E-state index contributed by atoms with van der Waals surface area (Å²) in [6.07, 6.45) is 0. The van der Waals surface area contributed by atoms with Crippen molar-refractivity contribution in [3.63, 3.8) is 0 Å². The van der Waals surface area contributed by atoms with Crippen molar-refractivity contribution in [2.75, 3.05) is 0 Å². The van der Waals surface area contributed by atoms with Gasteiger partial charge >= 0.3 is 0 Å². The Bertz CT molecular complexity index is 1320. The maximum absolute atomic E-state index is 2.38. The molecule has 0 unspecified atom stereocenters. The van der Waals surface area contributed by atoms with Gasteiger partial charge in [-0.05, 0) is 80.6 Å². The molecule has 0 aromatic heterocycles. The zero-order chi connectivity index (χ0) is 22.4. The summed E-state index contributed by atoms with van der Waals surface area (Å²) in [5.41, 5.74) is 17.1. The molecular formula is C32H30. The third-order valence-corrected chi connectivity index (χ3v) is 8.25. The van der Waals surface area contributed by atoms with E-state index < -0.39 is 0 Å². The Morgan fingerprint density at radius 2 is 0.750 bits per heavy atom. The summed E-state index contributed by atoms with van der Waals surface area (Å²) in [5, 5.41) is 0. The first-order chi connectivity index (χ1) is 15.2. The molecule has 0 radical (unpaired) electrons. The third kappa shape index (κ3) is 2.28. The maximum Gasteiger partial charge on any atom is 0.0161 e. The standard InChI is InChI=1S/C32H30/c1-19-21(15-17-25-23-11-7-9-13-27(23)31(3,4)29(19)25)22-16-18-26-24-12-8-10-14-28(24)32(5,6)30(26)20(22)2/h7-18H,1-6H3. The van der Waals surface area contributed by atoms with Crippen LogP contribution in [0.15, 0.2) is 72.8 Å². The van der Waals surface area contributed by atoms with E-state index in [4.69, 9.17) is 0 Å². The van der Waals surface area contributed by atoms with Crippen LogP contribution in [0.2, 0.25) is 0 Å². The van der Waals surface area contributed by atoms with E-state index in [-0.39, 0.29) is 10.8 Å². The Labute approximate surface area is 192 Å². The summed E-state index contributed by atoms with van der Waals surface area (Å²) in [4.78, 5) is 0. The van der Waals surface area contributed by atoms with E-state index in [1.165, 1.54) is 66.8 Å². The van der Waals surface area contributed by atoms with Gasteiger partial charge in [0, 0.05) is 10.8 Å². The monoisotopic (exact) mass is 414 g/mol. The molecule has 4 aromatic rings. The van der Waals surface area contributed by atoms with Crippen LogP contribution in [-0.4, -0.2) is 0 Å². The van der Waals surface area contributed by atoms with Crippen LogP contribution >= 0.6 is 0 Å². The molecule has 0 saturated carbocycles. The van der Waals surface area contributed by atoms with Gasteiger partial charge in [-0.2, -0.15) is 0 Å². The molecule has 0 heterocycles. The highest BCUT2D eigenvalue weighted by Crippen LogP contribution is 2.54. The van der Waals surface area contributed by atoms with E-state index in [1.54, 1.807) is 0 Å². The largest absolute Gasteiger partial charge is 0.0619 e. The number of rotatable bonds is 1. The molecule has 4 aromatic carbocycles. The Morgan fingerprint density at radius 3 is 1.16 bits per heavy atom. The Kier molecular flexibility index (Phi) is 3.81. The molecule has 0 aliphatic heterocycles. The molecule has 6 rings (SSSR count). The summed E-state index contributed by atoms with van der Waals surface area (Å²) in [6.45, 7) is 14.2. The highest BCUT2D eigenvalue weighted by Gasteiger charge is 2.39. The molecule has 0 spiro atoms. The number of hydrogen-bond donors (Lipinski definition) is 0. The van der Waals surface area contributed by atoms with Gasteiger partial charge in [0.25, 0.3) is 0 Å². The normalized spacial score (nSPS) is 16.3. The van der Waals surface area contributed by atoms with Gasteiger partial charge in [0.15, 0.2) is 0 Å². The highest BCUT2D eigenvalue weighted by atomic mass is 14.4. The molecule has 0 bridgehead atoms. The third-order valence-electron chi connectivity index (χ3n) is 8.25. The van der Waals surface area contributed by atoms with Crippen LogP contribution in [0.5, 0.6) is 0 Å². The second-order valence-electron chi connectivity index (χ2n) is 10.7. The Hall–Kier alpha value is -3.12. The van der Waals surface area contributed by atoms with Crippen LogP contribution in [0.4, 0.5) is 0 Å². The van der Waals surface area contributed by atoms with Crippen LogP contribution in [-0.2, 0) is 10.8 Å². The van der Waals surface area contributed by atoms with Gasteiger partial charge < -0.3 is 0 Å². The molecule has 0 nitrogen and oxygen atoms in total. The fourth-order valence-electron chi connectivity index (χ4n) is 6.86. The van der Waals surface area contributed by atoms with Crippen LogP contribution in [0.3, 0.4) is 0 Å². The smallest absolute Gasteiger partial charge is 0.0161 e. The van der Waals surface area contributed by atoms with Crippen molar-refractivity contribution in [1.82, 2.24) is 0 Å². The topological polar surface area (TPSA) is 0 Å². The Balaban J connectivity index is 1.59. The van der Waals surface area contributed by atoms with E-state index in [2.05, 4.69) is 114 Å². The lowest BCUT2D eigenvalue weighted by Crippen LogP contribution is -2.18. The first-order valence-electron chi connectivity index (χ1n) is 11.7. The molecule has 0 atom stereocenters. The molecule has 0 saturated heterocycles. The Morgan fingerprint density at radius 1 is 0.406 bits per heavy atom. The molecule has 0 heteroatoms. The van der Waals surface area contributed by atoms with Gasteiger partial charge in [-0.15, -0.1) is 0 Å². The minimum absolute atomic E-state index is 0.0200. The highest BCUT2D eigenvalue weighted by molar-refractivity contribution is 5.89. The number of benzene rings is 4. The quantitative estimate of drug-likeness (QED) is 0.292. The molecule has 0 N–H and O–H groups in total. The molecule has 2 aliphatic carbocycles. The van der Waals surface area contributed by atoms with E-state index in [1.807, 2.05) is 0 Å².